The van der Waals surface area contributed by atoms with E-state index in [1.54, 1.807) is 13.0 Å². The molecule has 0 radical (unpaired) electrons. The number of hydrogen-bond acceptors (Lipinski definition) is 5. The minimum Gasteiger partial charge on any atom is -0.388 e. The second-order valence-electron chi connectivity index (χ2n) is 6.72. The Labute approximate surface area is 151 Å². The van der Waals surface area contributed by atoms with Gasteiger partial charge in [-0.15, -0.1) is 0 Å². The molecule has 0 spiro atoms. The van der Waals surface area contributed by atoms with Crippen LogP contribution in [0, 0.1) is 12.7 Å². The monoisotopic (exact) mass is 383 g/mol. The highest BCUT2D eigenvalue weighted by Gasteiger charge is 2.36. The van der Waals surface area contributed by atoms with Gasteiger partial charge in [0.05, 0.1) is 17.2 Å². The van der Waals surface area contributed by atoms with Gasteiger partial charge in [0.2, 0.25) is 5.95 Å². The molecule has 1 aromatic carbocycles. The largest absolute Gasteiger partial charge is 0.419 e. The molecule has 6 nitrogen and oxygen atoms in total. The molecule has 1 atom stereocenters. The summed E-state index contributed by atoms with van der Waals surface area (Å²) >= 11 is 0. The minimum absolute atomic E-state index is 0.129. The van der Waals surface area contributed by atoms with Gasteiger partial charge < -0.3 is 10.4 Å². The summed E-state index contributed by atoms with van der Waals surface area (Å²) in [7, 11) is 0. The molecule has 0 bridgehead atoms. The molecule has 0 amide bonds. The maximum Gasteiger partial charge on any atom is 0.419 e. The van der Waals surface area contributed by atoms with Gasteiger partial charge in [-0.3, -0.25) is 0 Å². The Hall–Kier alpha value is -2.75. The number of anilines is 1. The average Bonchev–Trinajstić information content (AvgIpc) is 2.98. The third-order valence-electron chi connectivity index (χ3n) is 4.01. The SMILES string of the molecule is Cc1cc2ncnn2c(N[C@@H](c2ccc(C(F)(F)F)c(F)c2)C(C)(C)O)n1. The first-order valence-electron chi connectivity index (χ1n) is 8.00. The van der Waals surface area contributed by atoms with Crippen LogP contribution in [-0.4, -0.2) is 30.3 Å². The highest BCUT2D eigenvalue weighted by atomic mass is 19.4. The zero-order valence-electron chi connectivity index (χ0n) is 14.7. The maximum atomic E-state index is 14.0. The number of hydrogen-bond donors (Lipinski definition) is 2. The van der Waals surface area contributed by atoms with Crippen molar-refractivity contribution in [2.75, 3.05) is 5.32 Å². The number of nitrogens with one attached hydrogen (secondary N) is 1. The second kappa shape index (κ2) is 6.45. The molecule has 27 heavy (non-hydrogen) atoms. The van der Waals surface area contributed by atoms with Gasteiger partial charge >= 0.3 is 6.18 Å². The van der Waals surface area contributed by atoms with Gasteiger partial charge in [-0.1, -0.05) is 6.07 Å². The van der Waals surface area contributed by atoms with Crippen LogP contribution in [0.1, 0.15) is 36.7 Å². The van der Waals surface area contributed by atoms with E-state index in [9.17, 15) is 22.7 Å². The van der Waals surface area contributed by atoms with Crippen molar-refractivity contribution in [1.29, 1.82) is 0 Å². The molecule has 0 aliphatic carbocycles. The number of alkyl halides is 3. The second-order valence-corrected chi connectivity index (χ2v) is 6.72. The van der Waals surface area contributed by atoms with Gasteiger partial charge in [0.25, 0.3) is 0 Å². The third kappa shape index (κ3) is 3.85. The van der Waals surface area contributed by atoms with Crippen molar-refractivity contribution < 1.29 is 22.7 Å². The Morgan fingerprint density at radius 1 is 1.19 bits per heavy atom. The summed E-state index contributed by atoms with van der Waals surface area (Å²) in [6.07, 6.45) is -3.48. The predicted octanol–water partition coefficient (Wildman–Crippen LogP) is 3.51. The van der Waals surface area contributed by atoms with Crippen molar-refractivity contribution >= 4 is 11.6 Å². The van der Waals surface area contributed by atoms with Crippen LogP contribution in [-0.2, 0) is 6.18 Å². The van der Waals surface area contributed by atoms with Crippen molar-refractivity contribution in [3.63, 3.8) is 0 Å². The number of aromatic nitrogens is 4. The van der Waals surface area contributed by atoms with Gasteiger partial charge in [-0.05, 0) is 38.5 Å². The van der Waals surface area contributed by atoms with E-state index in [1.165, 1.54) is 24.7 Å². The van der Waals surface area contributed by atoms with E-state index >= 15 is 0 Å². The summed E-state index contributed by atoms with van der Waals surface area (Å²) in [5, 5.41) is 17.5. The average molecular weight is 383 g/mol. The standard InChI is InChI=1S/C17H17F4N5O/c1-9-6-13-22-8-23-26(13)15(24-9)25-14(16(2,3)27)10-4-5-11(12(18)7-10)17(19,20)21/h4-8,14,27H,1-3H3,(H,24,25)/t14-/m0/s1. The summed E-state index contributed by atoms with van der Waals surface area (Å²) in [5.74, 6) is -1.20. The molecule has 10 heteroatoms. The molecule has 2 aromatic heterocycles. The number of rotatable bonds is 4. The van der Waals surface area contributed by atoms with Gasteiger partial charge in [0.1, 0.15) is 12.1 Å². The van der Waals surface area contributed by atoms with Gasteiger partial charge in [0.15, 0.2) is 5.65 Å². The fraction of sp³-hybridized carbons (Fsp3) is 0.353. The molecule has 3 aromatic rings. The first-order valence-corrected chi connectivity index (χ1v) is 8.00. The van der Waals surface area contributed by atoms with E-state index in [-0.39, 0.29) is 11.5 Å². The Morgan fingerprint density at radius 2 is 1.89 bits per heavy atom. The lowest BCUT2D eigenvalue weighted by atomic mass is 9.91. The lowest BCUT2D eigenvalue weighted by Gasteiger charge is -2.31. The molecule has 144 valence electrons. The van der Waals surface area contributed by atoms with E-state index in [0.717, 1.165) is 12.1 Å². The fourth-order valence-corrected chi connectivity index (χ4v) is 2.78. The van der Waals surface area contributed by atoms with E-state index in [1.807, 2.05) is 0 Å². The van der Waals surface area contributed by atoms with Crippen molar-refractivity contribution in [2.45, 2.75) is 38.6 Å². The summed E-state index contributed by atoms with van der Waals surface area (Å²) in [4.78, 5) is 8.36. The molecule has 0 saturated heterocycles. The molecule has 0 fully saturated rings. The van der Waals surface area contributed by atoms with Crippen LogP contribution in [0.3, 0.4) is 0 Å². The zero-order valence-corrected chi connectivity index (χ0v) is 14.7. The molecular weight excluding hydrogens is 366 g/mol. The van der Waals surface area contributed by atoms with Crippen LogP contribution < -0.4 is 5.32 Å². The number of halogens is 4. The highest BCUT2D eigenvalue weighted by molar-refractivity contribution is 5.47. The number of aliphatic hydroxyl groups is 1. The summed E-state index contributed by atoms with van der Waals surface area (Å²) < 4.78 is 53.8. The molecule has 0 unspecified atom stereocenters. The van der Waals surface area contributed by atoms with E-state index in [2.05, 4.69) is 20.4 Å². The molecule has 2 heterocycles. The Balaban J connectivity index is 2.05. The number of fused-ring (bicyclic) bond motifs is 1. The lowest BCUT2D eigenvalue weighted by Crippen LogP contribution is -2.35. The normalized spacial score (nSPS) is 13.8. The van der Waals surface area contributed by atoms with Crippen LogP contribution in [0.4, 0.5) is 23.5 Å². The van der Waals surface area contributed by atoms with Gasteiger partial charge in [-0.25, -0.2) is 14.4 Å². The highest BCUT2D eigenvalue weighted by Crippen LogP contribution is 2.35. The Morgan fingerprint density at radius 3 is 2.48 bits per heavy atom. The fourth-order valence-electron chi connectivity index (χ4n) is 2.78. The number of aryl methyl sites for hydroxylation is 1. The van der Waals surface area contributed by atoms with Crippen molar-refractivity contribution in [1.82, 2.24) is 19.6 Å². The molecule has 0 aliphatic rings. The lowest BCUT2D eigenvalue weighted by molar-refractivity contribution is -0.140. The van der Waals surface area contributed by atoms with E-state index < -0.39 is 29.2 Å². The maximum absolute atomic E-state index is 14.0. The van der Waals surface area contributed by atoms with Crippen LogP contribution in [0.25, 0.3) is 5.65 Å². The quantitative estimate of drug-likeness (QED) is 0.675. The van der Waals surface area contributed by atoms with Crippen molar-refractivity contribution in [3.8, 4) is 0 Å². The number of benzene rings is 1. The van der Waals surface area contributed by atoms with Crippen LogP contribution in [0.2, 0.25) is 0 Å². The zero-order chi connectivity index (χ0) is 20.0. The van der Waals surface area contributed by atoms with E-state index in [4.69, 9.17) is 0 Å². The first kappa shape index (κ1) is 19.0. The summed E-state index contributed by atoms with van der Waals surface area (Å²) in [5.41, 5.74) is -1.58. The van der Waals surface area contributed by atoms with Gasteiger partial charge in [0, 0.05) is 11.8 Å². The van der Waals surface area contributed by atoms with E-state index in [0.29, 0.717) is 17.4 Å². The smallest absolute Gasteiger partial charge is 0.388 e. The summed E-state index contributed by atoms with van der Waals surface area (Å²) in [6, 6.07) is 3.26. The predicted molar refractivity (Wildman–Crippen MR) is 89.6 cm³/mol. The molecular formula is C17H17F4N5O. The topological polar surface area (TPSA) is 75.3 Å². The Bertz CT molecular complexity index is 978. The van der Waals surface area contributed by atoms with Crippen LogP contribution in [0.15, 0.2) is 30.6 Å². The molecule has 2 N–H and O–H groups in total. The van der Waals surface area contributed by atoms with Crippen LogP contribution in [0.5, 0.6) is 0 Å². The van der Waals surface area contributed by atoms with Gasteiger partial charge in [-0.2, -0.15) is 22.8 Å². The minimum atomic E-state index is -4.80. The third-order valence-corrected chi connectivity index (χ3v) is 4.01. The number of nitrogens with zero attached hydrogens (tertiary/aromatic N) is 4. The summed E-state index contributed by atoms with van der Waals surface area (Å²) in [6.45, 7) is 4.64. The molecule has 3 rings (SSSR count). The molecule has 0 aliphatic heterocycles. The Kier molecular flexibility index (Phi) is 4.54. The molecule has 0 saturated carbocycles. The van der Waals surface area contributed by atoms with Crippen molar-refractivity contribution in [3.05, 3.63) is 53.2 Å². The first-order chi connectivity index (χ1) is 12.5. The van der Waals surface area contributed by atoms with Crippen molar-refractivity contribution in [2.24, 2.45) is 0 Å². The van der Waals surface area contributed by atoms with Crippen LogP contribution >= 0.6 is 0 Å².